The third kappa shape index (κ3) is 3.17. The van der Waals surface area contributed by atoms with Crippen LogP contribution in [0, 0.1) is 0 Å². The van der Waals surface area contributed by atoms with Crippen molar-refractivity contribution < 1.29 is 9.53 Å². The summed E-state index contributed by atoms with van der Waals surface area (Å²) in [5.41, 5.74) is 10.7. The van der Waals surface area contributed by atoms with Crippen molar-refractivity contribution in [2.45, 2.75) is 6.04 Å². The standard InChI is InChI=1S/C7H15N3O2/c8-6-3-10(4-7(9)11)1-2-12-5-6/h6H,1-5,8H2,(H2,9,11). The zero-order chi connectivity index (χ0) is 8.97. The Morgan fingerprint density at radius 3 is 3.08 bits per heavy atom. The van der Waals surface area contributed by atoms with Gasteiger partial charge in [-0.15, -0.1) is 0 Å². The molecule has 1 aliphatic heterocycles. The third-order valence-corrected chi connectivity index (χ3v) is 1.76. The molecule has 0 aliphatic carbocycles. The Bertz CT molecular complexity index is 163. The average Bonchev–Trinajstić information content (AvgIpc) is 2.12. The first-order valence-electron chi connectivity index (χ1n) is 4.02. The van der Waals surface area contributed by atoms with Crippen LogP contribution < -0.4 is 11.5 Å². The van der Waals surface area contributed by atoms with E-state index in [1.165, 1.54) is 0 Å². The monoisotopic (exact) mass is 173 g/mol. The number of nitrogens with two attached hydrogens (primary N) is 2. The van der Waals surface area contributed by atoms with Gasteiger partial charge in [-0.25, -0.2) is 0 Å². The topological polar surface area (TPSA) is 81.6 Å². The van der Waals surface area contributed by atoms with Gasteiger partial charge in [0.25, 0.3) is 0 Å². The van der Waals surface area contributed by atoms with E-state index in [2.05, 4.69) is 0 Å². The first kappa shape index (κ1) is 9.44. The van der Waals surface area contributed by atoms with Crippen LogP contribution >= 0.6 is 0 Å². The van der Waals surface area contributed by atoms with E-state index in [1.807, 2.05) is 4.90 Å². The van der Waals surface area contributed by atoms with Gasteiger partial charge in [-0.2, -0.15) is 0 Å². The highest BCUT2D eigenvalue weighted by molar-refractivity contribution is 5.75. The fourth-order valence-corrected chi connectivity index (χ4v) is 1.27. The Morgan fingerprint density at radius 1 is 1.67 bits per heavy atom. The van der Waals surface area contributed by atoms with Gasteiger partial charge in [0.2, 0.25) is 5.91 Å². The summed E-state index contributed by atoms with van der Waals surface area (Å²) in [6.45, 7) is 2.88. The van der Waals surface area contributed by atoms with Crippen LogP contribution in [0.2, 0.25) is 0 Å². The number of nitrogens with zero attached hydrogens (tertiary/aromatic N) is 1. The summed E-state index contributed by atoms with van der Waals surface area (Å²) in [7, 11) is 0. The summed E-state index contributed by atoms with van der Waals surface area (Å²) in [5, 5.41) is 0. The zero-order valence-corrected chi connectivity index (χ0v) is 7.03. The quantitative estimate of drug-likeness (QED) is 0.512. The molecule has 1 amide bonds. The van der Waals surface area contributed by atoms with Gasteiger partial charge in [0.15, 0.2) is 0 Å². The molecule has 12 heavy (non-hydrogen) atoms. The molecule has 70 valence electrons. The molecule has 0 bridgehead atoms. The zero-order valence-electron chi connectivity index (χ0n) is 7.03. The summed E-state index contributed by atoms with van der Waals surface area (Å²) < 4.78 is 5.20. The normalized spacial score (nSPS) is 26.6. The van der Waals surface area contributed by atoms with E-state index in [0.717, 1.165) is 6.54 Å². The number of amides is 1. The van der Waals surface area contributed by atoms with Crippen LogP contribution in [-0.2, 0) is 9.53 Å². The van der Waals surface area contributed by atoms with Crippen molar-refractivity contribution in [3.8, 4) is 0 Å². The molecule has 0 spiro atoms. The lowest BCUT2D eigenvalue weighted by Gasteiger charge is -2.18. The molecule has 0 aromatic heterocycles. The molecule has 1 aliphatic rings. The molecule has 0 aromatic carbocycles. The van der Waals surface area contributed by atoms with Gasteiger partial charge in [-0.05, 0) is 0 Å². The Labute approximate surface area is 71.6 Å². The largest absolute Gasteiger partial charge is 0.378 e. The number of carbonyl (C=O) groups excluding carboxylic acids is 1. The van der Waals surface area contributed by atoms with Crippen LogP contribution in [0.25, 0.3) is 0 Å². The second-order valence-corrected chi connectivity index (χ2v) is 3.04. The summed E-state index contributed by atoms with van der Waals surface area (Å²) in [4.78, 5) is 12.5. The summed E-state index contributed by atoms with van der Waals surface area (Å²) >= 11 is 0. The van der Waals surface area contributed by atoms with E-state index >= 15 is 0 Å². The van der Waals surface area contributed by atoms with Gasteiger partial charge in [0, 0.05) is 19.1 Å². The number of hydrogen-bond acceptors (Lipinski definition) is 4. The van der Waals surface area contributed by atoms with Gasteiger partial charge in [-0.1, -0.05) is 0 Å². The first-order chi connectivity index (χ1) is 5.68. The van der Waals surface area contributed by atoms with Crippen molar-refractivity contribution in [1.29, 1.82) is 0 Å². The number of rotatable bonds is 2. The number of hydrogen-bond donors (Lipinski definition) is 2. The summed E-state index contributed by atoms with van der Waals surface area (Å²) in [6, 6.07) is -0.00755. The Balaban J connectivity index is 2.35. The van der Waals surface area contributed by atoms with Crippen LogP contribution in [-0.4, -0.2) is 49.7 Å². The highest BCUT2D eigenvalue weighted by Crippen LogP contribution is 1.97. The first-order valence-corrected chi connectivity index (χ1v) is 4.02. The fourth-order valence-electron chi connectivity index (χ4n) is 1.27. The lowest BCUT2D eigenvalue weighted by Crippen LogP contribution is -2.41. The maximum absolute atomic E-state index is 10.6. The maximum Gasteiger partial charge on any atom is 0.231 e. The number of primary amides is 1. The maximum atomic E-state index is 10.6. The third-order valence-electron chi connectivity index (χ3n) is 1.76. The minimum absolute atomic E-state index is 0.00755. The van der Waals surface area contributed by atoms with Crippen LogP contribution in [0.3, 0.4) is 0 Å². The predicted molar refractivity (Wildman–Crippen MR) is 44.4 cm³/mol. The molecule has 1 heterocycles. The van der Waals surface area contributed by atoms with E-state index in [0.29, 0.717) is 19.8 Å². The molecule has 1 atom stereocenters. The minimum Gasteiger partial charge on any atom is -0.378 e. The molecule has 1 rings (SSSR count). The van der Waals surface area contributed by atoms with Gasteiger partial charge in [-0.3, -0.25) is 9.69 Å². The van der Waals surface area contributed by atoms with Crippen molar-refractivity contribution in [1.82, 2.24) is 4.90 Å². The molecule has 1 unspecified atom stereocenters. The number of ether oxygens (including phenoxy) is 1. The number of carbonyl (C=O) groups is 1. The van der Waals surface area contributed by atoms with Crippen molar-refractivity contribution in [3.05, 3.63) is 0 Å². The predicted octanol–water partition coefficient (Wildman–Crippen LogP) is -1.87. The lowest BCUT2D eigenvalue weighted by atomic mass is 10.3. The highest BCUT2D eigenvalue weighted by atomic mass is 16.5. The molecule has 1 fully saturated rings. The average molecular weight is 173 g/mol. The Hall–Kier alpha value is -0.650. The Kier molecular flexibility index (Phi) is 3.46. The van der Waals surface area contributed by atoms with E-state index in [9.17, 15) is 4.79 Å². The van der Waals surface area contributed by atoms with Crippen LogP contribution in [0.5, 0.6) is 0 Å². The molecule has 0 radical (unpaired) electrons. The van der Waals surface area contributed by atoms with E-state index in [-0.39, 0.29) is 18.5 Å². The molecule has 1 saturated heterocycles. The van der Waals surface area contributed by atoms with Gasteiger partial charge >= 0.3 is 0 Å². The molecule has 5 heteroatoms. The van der Waals surface area contributed by atoms with Crippen molar-refractivity contribution in [2.75, 3.05) is 32.8 Å². The molecule has 0 aromatic rings. The molecule has 0 saturated carbocycles. The highest BCUT2D eigenvalue weighted by Gasteiger charge is 2.16. The molecule has 4 N–H and O–H groups in total. The van der Waals surface area contributed by atoms with Crippen molar-refractivity contribution >= 4 is 5.91 Å². The van der Waals surface area contributed by atoms with Crippen LogP contribution in [0.15, 0.2) is 0 Å². The van der Waals surface area contributed by atoms with E-state index in [4.69, 9.17) is 16.2 Å². The van der Waals surface area contributed by atoms with Crippen LogP contribution in [0.1, 0.15) is 0 Å². The SMILES string of the molecule is NC(=O)CN1CCOCC(N)C1. The smallest absolute Gasteiger partial charge is 0.231 e. The Morgan fingerprint density at radius 2 is 2.42 bits per heavy atom. The van der Waals surface area contributed by atoms with Gasteiger partial charge in [0.05, 0.1) is 19.8 Å². The minimum atomic E-state index is -0.316. The summed E-state index contributed by atoms with van der Waals surface area (Å²) in [5.74, 6) is -0.316. The molecule has 5 nitrogen and oxygen atoms in total. The second kappa shape index (κ2) is 4.39. The van der Waals surface area contributed by atoms with Gasteiger partial charge < -0.3 is 16.2 Å². The molecular weight excluding hydrogens is 158 g/mol. The lowest BCUT2D eigenvalue weighted by molar-refractivity contribution is -0.119. The van der Waals surface area contributed by atoms with Crippen LogP contribution in [0.4, 0.5) is 0 Å². The second-order valence-electron chi connectivity index (χ2n) is 3.04. The van der Waals surface area contributed by atoms with Crippen molar-refractivity contribution in [3.63, 3.8) is 0 Å². The van der Waals surface area contributed by atoms with E-state index < -0.39 is 0 Å². The van der Waals surface area contributed by atoms with Gasteiger partial charge in [0.1, 0.15) is 0 Å². The summed E-state index contributed by atoms with van der Waals surface area (Å²) in [6.07, 6.45) is 0. The molecular formula is C7H15N3O2. The van der Waals surface area contributed by atoms with Crippen molar-refractivity contribution in [2.24, 2.45) is 11.5 Å². The fraction of sp³-hybridized carbons (Fsp3) is 0.857. The van der Waals surface area contributed by atoms with E-state index in [1.54, 1.807) is 0 Å².